The standard InChI is InChI=1S/C42H34N4/c1-27-25-33(29-13-17-31(18-14-29)41-43-37-9-5-7-11-39(37)45(41)3)21-23-35(27)36-24-22-34(26-28(36)2)30-15-19-32(20-16-30)42-44-38-10-6-8-12-40(38)46(42)4/h5-26H,1-4H3. The Morgan fingerprint density at radius 1 is 0.391 bits per heavy atom. The Balaban J connectivity index is 1.03. The molecule has 0 fully saturated rings. The lowest BCUT2D eigenvalue weighted by molar-refractivity contribution is 0.959. The van der Waals surface area contributed by atoms with E-state index in [0.717, 1.165) is 44.8 Å². The number of rotatable bonds is 5. The molecular formula is C42H34N4. The second kappa shape index (κ2) is 11.0. The van der Waals surface area contributed by atoms with E-state index in [-0.39, 0.29) is 0 Å². The molecule has 222 valence electrons. The fourth-order valence-corrected chi connectivity index (χ4v) is 6.72. The van der Waals surface area contributed by atoms with Crippen molar-refractivity contribution < 1.29 is 0 Å². The molecule has 4 nitrogen and oxygen atoms in total. The van der Waals surface area contributed by atoms with Gasteiger partial charge in [-0.1, -0.05) is 109 Å². The summed E-state index contributed by atoms with van der Waals surface area (Å²) in [6.07, 6.45) is 0. The third kappa shape index (κ3) is 4.70. The lowest BCUT2D eigenvalue weighted by Gasteiger charge is -2.14. The summed E-state index contributed by atoms with van der Waals surface area (Å²) in [6, 6.07) is 47.6. The minimum Gasteiger partial charge on any atom is -0.327 e. The summed E-state index contributed by atoms with van der Waals surface area (Å²) in [4.78, 5) is 9.73. The number of imidazole rings is 2. The van der Waals surface area contributed by atoms with Crippen LogP contribution >= 0.6 is 0 Å². The second-order valence-electron chi connectivity index (χ2n) is 12.2. The van der Waals surface area contributed by atoms with Crippen LogP contribution in [0.4, 0.5) is 0 Å². The molecule has 8 rings (SSSR count). The highest BCUT2D eigenvalue weighted by molar-refractivity contribution is 5.83. The van der Waals surface area contributed by atoms with Crippen LogP contribution in [0, 0.1) is 13.8 Å². The fourth-order valence-electron chi connectivity index (χ4n) is 6.72. The van der Waals surface area contributed by atoms with Gasteiger partial charge in [-0.15, -0.1) is 0 Å². The zero-order chi connectivity index (χ0) is 31.4. The Bertz CT molecular complexity index is 2220. The topological polar surface area (TPSA) is 35.6 Å². The maximum Gasteiger partial charge on any atom is 0.140 e. The predicted molar refractivity (Wildman–Crippen MR) is 192 cm³/mol. The SMILES string of the molecule is Cc1cc(-c2ccc(-c3nc4ccccc4n3C)cc2)ccc1-c1ccc(-c2ccc(-c3nc4ccccc4n3C)cc2)cc1C. The van der Waals surface area contributed by atoms with E-state index in [1.807, 2.05) is 12.1 Å². The van der Waals surface area contributed by atoms with Gasteiger partial charge in [0.2, 0.25) is 0 Å². The van der Waals surface area contributed by atoms with Gasteiger partial charge in [-0.3, -0.25) is 0 Å². The molecule has 0 saturated carbocycles. The second-order valence-corrected chi connectivity index (χ2v) is 12.2. The minimum absolute atomic E-state index is 0.982. The van der Waals surface area contributed by atoms with Gasteiger partial charge in [-0.05, 0) is 82.6 Å². The molecule has 0 aliphatic heterocycles. The van der Waals surface area contributed by atoms with E-state index in [2.05, 4.69) is 158 Å². The zero-order valence-electron chi connectivity index (χ0n) is 26.5. The first-order valence-electron chi connectivity index (χ1n) is 15.7. The van der Waals surface area contributed by atoms with Crippen LogP contribution < -0.4 is 0 Å². The molecule has 2 heterocycles. The van der Waals surface area contributed by atoms with Gasteiger partial charge in [0, 0.05) is 25.2 Å². The molecular weight excluding hydrogens is 560 g/mol. The number of hydrogen-bond donors (Lipinski definition) is 0. The average molecular weight is 595 g/mol. The molecule has 8 aromatic rings. The lowest BCUT2D eigenvalue weighted by atomic mass is 9.91. The number of hydrogen-bond acceptors (Lipinski definition) is 2. The molecule has 0 bridgehead atoms. The van der Waals surface area contributed by atoms with Crippen LogP contribution in [0.25, 0.3) is 78.2 Å². The smallest absolute Gasteiger partial charge is 0.140 e. The van der Waals surface area contributed by atoms with Crippen LogP contribution in [-0.4, -0.2) is 19.1 Å². The molecule has 4 heteroatoms. The summed E-state index contributed by atoms with van der Waals surface area (Å²) >= 11 is 0. The fraction of sp³-hybridized carbons (Fsp3) is 0.0952. The number of benzene rings is 6. The van der Waals surface area contributed by atoms with E-state index in [1.54, 1.807) is 0 Å². The van der Waals surface area contributed by atoms with E-state index in [1.165, 1.54) is 44.5 Å². The molecule has 0 aliphatic rings. The van der Waals surface area contributed by atoms with E-state index in [9.17, 15) is 0 Å². The molecule has 0 atom stereocenters. The van der Waals surface area contributed by atoms with Gasteiger partial charge < -0.3 is 9.13 Å². The van der Waals surface area contributed by atoms with Crippen molar-refractivity contribution >= 4 is 22.1 Å². The van der Waals surface area contributed by atoms with Gasteiger partial charge in [0.25, 0.3) is 0 Å². The highest BCUT2D eigenvalue weighted by atomic mass is 15.1. The zero-order valence-corrected chi connectivity index (χ0v) is 26.5. The van der Waals surface area contributed by atoms with Crippen molar-refractivity contribution in [2.24, 2.45) is 14.1 Å². The molecule has 0 aliphatic carbocycles. The quantitative estimate of drug-likeness (QED) is 0.199. The normalized spacial score (nSPS) is 11.5. The highest BCUT2D eigenvalue weighted by Gasteiger charge is 2.13. The molecule has 0 amide bonds. The third-order valence-corrected chi connectivity index (χ3v) is 9.27. The van der Waals surface area contributed by atoms with Crippen LogP contribution in [0.1, 0.15) is 11.1 Å². The first-order valence-corrected chi connectivity index (χ1v) is 15.7. The maximum absolute atomic E-state index is 4.86. The summed E-state index contributed by atoms with van der Waals surface area (Å²) in [6.45, 7) is 4.42. The Morgan fingerprint density at radius 3 is 1.11 bits per heavy atom. The van der Waals surface area contributed by atoms with Crippen LogP contribution in [-0.2, 0) is 14.1 Å². The molecule has 0 N–H and O–H groups in total. The van der Waals surface area contributed by atoms with Crippen molar-refractivity contribution in [2.75, 3.05) is 0 Å². The third-order valence-electron chi connectivity index (χ3n) is 9.27. The Labute approximate surface area is 269 Å². The lowest BCUT2D eigenvalue weighted by Crippen LogP contribution is -1.93. The van der Waals surface area contributed by atoms with Crippen LogP contribution in [0.3, 0.4) is 0 Å². The molecule has 0 spiro atoms. The number of aryl methyl sites for hydroxylation is 4. The molecule has 0 saturated heterocycles. The maximum atomic E-state index is 4.86. The highest BCUT2D eigenvalue weighted by Crippen LogP contribution is 2.34. The number of fused-ring (bicyclic) bond motifs is 2. The largest absolute Gasteiger partial charge is 0.327 e. The van der Waals surface area contributed by atoms with Crippen molar-refractivity contribution in [3.8, 4) is 56.2 Å². The monoisotopic (exact) mass is 594 g/mol. The first-order chi connectivity index (χ1) is 22.4. The van der Waals surface area contributed by atoms with Crippen LogP contribution in [0.2, 0.25) is 0 Å². The summed E-state index contributed by atoms with van der Waals surface area (Å²) in [7, 11) is 4.16. The summed E-state index contributed by atoms with van der Waals surface area (Å²) in [5.41, 5.74) is 16.4. The summed E-state index contributed by atoms with van der Waals surface area (Å²) < 4.78 is 4.32. The van der Waals surface area contributed by atoms with Crippen molar-refractivity contribution in [1.82, 2.24) is 19.1 Å². The molecule has 0 radical (unpaired) electrons. The van der Waals surface area contributed by atoms with Crippen molar-refractivity contribution in [3.63, 3.8) is 0 Å². The van der Waals surface area contributed by atoms with Gasteiger partial charge in [0.05, 0.1) is 22.1 Å². The van der Waals surface area contributed by atoms with Gasteiger partial charge in [0.15, 0.2) is 0 Å². The number of nitrogens with zero attached hydrogens (tertiary/aromatic N) is 4. The Kier molecular flexibility index (Phi) is 6.65. The average Bonchev–Trinajstić information content (AvgIpc) is 3.61. The van der Waals surface area contributed by atoms with Crippen molar-refractivity contribution in [3.05, 3.63) is 145 Å². The van der Waals surface area contributed by atoms with Gasteiger partial charge >= 0.3 is 0 Å². The molecule has 2 aromatic heterocycles. The molecule has 6 aromatic carbocycles. The van der Waals surface area contributed by atoms with E-state index in [4.69, 9.17) is 9.97 Å². The van der Waals surface area contributed by atoms with Gasteiger partial charge in [-0.2, -0.15) is 0 Å². The van der Waals surface area contributed by atoms with Crippen molar-refractivity contribution in [1.29, 1.82) is 0 Å². The van der Waals surface area contributed by atoms with Gasteiger partial charge in [-0.25, -0.2) is 9.97 Å². The van der Waals surface area contributed by atoms with Crippen LogP contribution in [0.5, 0.6) is 0 Å². The van der Waals surface area contributed by atoms with Crippen molar-refractivity contribution in [2.45, 2.75) is 13.8 Å². The van der Waals surface area contributed by atoms with E-state index in [0.29, 0.717) is 0 Å². The Morgan fingerprint density at radius 2 is 0.739 bits per heavy atom. The summed E-state index contributed by atoms with van der Waals surface area (Å²) in [5.74, 6) is 1.96. The number of para-hydroxylation sites is 4. The molecule has 0 unspecified atom stereocenters. The first kappa shape index (κ1) is 27.8. The van der Waals surface area contributed by atoms with E-state index >= 15 is 0 Å². The predicted octanol–water partition coefficient (Wildman–Crippen LogP) is 10.4. The van der Waals surface area contributed by atoms with Gasteiger partial charge in [0.1, 0.15) is 11.6 Å². The minimum atomic E-state index is 0.982. The molecule has 46 heavy (non-hydrogen) atoms. The van der Waals surface area contributed by atoms with E-state index < -0.39 is 0 Å². The van der Waals surface area contributed by atoms with Crippen LogP contribution in [0.15, 0.2) is 133 Å². The number of aromatic nitrogens is 4. The Hall–Kier alpha value is -5.74. The summed E-state index contributed by atoms with van der Waals surface area (Å²) in [5, 5.41) is 0.